The van der Waals surface area contributed by atoms with Gasteiger partial charge in [-0.15, -0.1) is 0 Å². The lowest BCUT2D eigenvalue weighted by Crippen LogP contribution is -2.14. The number of hydrogen-bond donors (Lipinski definition) is 1. The summed E-state index contributed by atoms with van der Waals surface area (Å²) in [4.78, 5) is 18.9. The second-order valence-electron chi connectivity index (χ2n) is 5.47. The van der Waals surface area contributed by atoms with Crippen LogP contribution in [0.3, 0.4) is 0 Å². The molecule has 2 rings (SSSR count). The first-order valence-electron chi connectivity index (χ1n) is 7.36. The van der Waals surface area contributed by atoms with E-state index in [1.807, 2.05) is 36.6 Å². The standard InChI is InChI=1S/C17H19N3O2S/c1-11(2)8-9-22-13-6-4-12(5-7-13)15-14(10-18)16(21)20-17(19-15)23-3/h4-7,11H,8-9H2,1-3H3,(H,19,20,21). The number of aromatic nitrogens is 2. The molecule has 1 heterocycles. The van der Waals surface area contributed by atoms with Gasteiger partial charge in [0.25, 0.3) is 5.56 Å². The van der Waals surface area contributed by atoms with Crippen molar-refractivity contribution in [3.63, 3.8) is 0 Å². The van der Waals surface area contributed by atoms with Crippen molar-refractivity contribution in [2.24, 2.45) is 5.92 Å². The third kappa shape index (κ3) is 4.36. The molecule has 0 amide bonds. The fraction of sp³-hybridized carbons (Fsp3) is 0.353. The number of thioether (sulfide) groups is 1. The number of nitriles is 1. The summed E-state index contributed by atoms with van der Waals surface area (Å²) < 4.78 is 5.68. The highest BCUT2D eigenvalue weighted by Gasteiger charge is 2.13. The van der Waals surface area contributed by atoms with Gasteiger partial charge in [-0.2, -0.15) is 5.26 Å². The van der Waals surface area contributed by atoms with Crippen molar-refractivity contribution in [2.45, 2.75) is 25.4 Å². The van der Waals surface area contributed by atoms with Gasteiger partial charge in [-0.3, -0.25) is 4.79 Å². The predicted molar refractivity (Wildman–Crippen MR) is 91.7 cm³/mol. The van der Waals surface area contributed by atoms with E-state index in [2.05, 4.69) is 23.8 Å². The molecule has 0 atom stereocenters. The van der Waals surface area contributed by atoms with Crippen LogP contribution in [-0.2, 0) is 0 Å². The molecule has 0 aliphatic carbocycles. The van der Waals surface area contributed by atoms with Gasteiger partial charge in [0.15, 0.2) is 5.16 Å². The monoisotopic (exact) mass is 329 g/mol. The number of rotatable bonds is 6. The number of aromatic amines is 1. The Labute approximate surface area is 139 Å². The molecule has 0 fully saturated rings. The minimum atomic E-state index is -0.417. The van der Waals surface area contributed by atoms with E-state index in [0.717, 1.165) is 17.7 Å². The topological polar surface area (TPSA) is 78.8 Å². The molecule has 1 aromatic heterocycles. The van der Waals surface area contributed by atoms with E-state index >= 15 is 0 Å². The van der Waals surface area contributed by atoms with Crippen LogP contribution in [0.1, 0.15) is 25.8 Å². The van der Waals surface area contributed by atoms with Crippen molar-refractivity contribution in [3.8, 4) is 23.1 Å². The molecule has 1 N–H and O–H groups in total. The third-order valence-electron chi connectivity index (χ3n) is 3.29. The molecule has 0 aliphatic heterocycles. The van der Waals surface area contributed by atoms with Gasteiger partial charge in [-0.25, -0.2) is 4.98 Å². The number of benzene rings is 1. The van der Waals surface area contributed by atoms with Gasteiger partial charge >= 0.3 is 0 Å². The lowest BCUT2D eigenvalue weighted by atomic mass is 10.1. The lowest BCUT2D eigenvalue weighted by molar-refractivity contribution is 0.289. The molecule has 0 saturated heterocycles. The molecule has 0 unspecified atom stereocenters. The Hall–Kier alpha value is -2.26. The van der Waals surface area contributed by atoms with Gasteiger partial charge in [-0.1, -0.05) is 25.6 Å². The van der Waals surface area contributed by atoms with E-state index in [0.29, 0.717) is 23.4 Å². The quantitative estimate of drug-likeness (QED) is 0.648. The number of nitrogens with one attached hydrogen (secondary N) is 1. The Balaban J connectivity index is 2.27. The zero-order chi connectivity index (χ0) is 16.8. The molecule has 5 nitrogen and oxygen atoms in total. The second kappa shape index (κ2) is 7.84. The van der Waals surface area contributed by atoms with E-state index in [1.165, 1.54) is 11.8 Å². The largest absolute Gasteiger partial charge is 0.494 e. The van der Waals surface area contributed by atoms with E-state index in [4.69, 9.17) is 4.74 Å². The summed E-state index contributed by atoms with van der Waals surface area (Å²) in [7, 11) is 0. The van der Waals surface area contributed by atoms with E-state index in [9.17, 15) is 10.1 Å². The van der Waals surface area contributed by atoms with Crippen molar-refractivity contribution in [1.29, 1.82) is 5.26 Å². The van der Waals surface area contributed by atoms with Crippen molar-refractivity contribution in [1.82, 2.24) is 9.97 Å². The number of ether oxygens (including phenoxy) is 1. The van der Waals surface area contributed by atoms with Crippen LogP contribution in [0.25, 0.3) is 11.3 Å². The Bertz CT molecular complexity index is 761. The summed E-state index contributed by atoms with van der Waals surface area (Å²) in [6, 6.07) is 9.23. The van der Waals surface area contributed by atoms with Crippen LogP contribution in [0.4, 0.5) is 0 Å². The van der Waals surface area contributed by atoms with Crippen molar-refractivity contribution < 1.29 is 4.74 Å². The first-order valence-corrected chi connectivity index (χ1v) is 8.59. The van der Waals surface area contributed by atoms with E-state index in [1.54, 1.807) is 0 Å². The number of H-pyrrole nitrogens is 1. The Morgan fingerprint density at radius 1 is 1.35 bits per heavy atom. The molecule has 0 spiro atoms. The predicted octanol–water partition coefficient (Wildman–Crippen LogP) is 3.46. The van der Waals surface area contributed by atoms with Gasteiger partial charge in [0, 0.05) is 5.56 Å². The molecule has 6 heteroatoms. The van der Waals surface area contributed by atoms with Crippen molar-refractivity contribution in [2.75, 3.05) is 12.9 Å². The molecule has 2 aromatic rings. The molecule has 23 heavy (non-hydrogen) atoms. The second-order valence-corrected chi connectivity index (χ2v) is 6.26. The lowest BCUT2D eigenvalue weighted by Gasteiger charge is -2.09. The van der Waals surface area contributed by atoms with E-state index in [-0.39, 0.29) is 5.56 Å². The average molecular weight is 329 g/mol. The van der Waals surface area contributed by atoms with Crippen molar-refractivity contribution in [3.05, 3.63) is 40.2 Å². The number of hydrogen-bond acceptors (Lipinski definition) is 5. The van der Waals surface area contributed by atoms with Gasteiger partial charge < -0.3 is 9.72 Å². The maximum absolute atomic E-state index is 11.9. The zero-order valence-corrected chi connectivity index (χ0v) is 14.2. The van der Waals surface area contributed by atoms with Gasteiger partial charge in [0.1, 0.15) is 17.4 Å². The normalized spacial score (nSPS) is 10.6. The summed E-state index contributed by atoms with van der Waals surface area (Å²) >= 11 is 1.33. The van der Waals surface area contributed by atoms with Gasteiger partial charge in [-0.05, 0) is 42.9 Å². The highest BCUT2D eigenvalue weighted by atomic mass is 32.2. The van der Waals surface area contributed by atoms with Crippen LogP contribution in [0, 0.1) is 17.2 Å². The van der Waals surface area contributed by atoms with Gasteiger partial charge in [0.05, 0.1) is 12.3 Å². The maximum Gasteiger partial charge on any atom is 0.270 e. The summed E-state index contributed by atoms with van der Waals surface area (Å²) in [5, 5.41) is 9.69. The summed E-state index contributed by atoms with van der Waals surface area (Å²) in [5.74, 6) is 1.36. The third-order valence-corrected chi connectivity index (χ3v) is 3.87. The van der Waals surface area contributed by atoms with Crippen LogP contribution >= 0.6 is 11.8 Å². The van der Waals surface area contributed by atoms with Crippen molar-refractivity contribution >= 4 is 11.8 Å². The Morgan fingerprint density at radius 3 is 2.61 bits per heavy atom. The summed E-state index contributed by atoms with van der Waals surface area (Å²) in [5.41, 5.74) is 0.726. The van der Waals surface area contributed by atoms with Crippen LogP contribution in [0.2, 0.25) is 0 Å². The van der Waals surface area contributed by atoms with Crippen LogP contribution in [0.15, 0.2) is 34.2 Å². The van der Waals surface area contributed by atoms with Crippen LogP contribution in [-0.4, -0.2) is 22.8 Å². The summed E-state index contributed by atoms with van der Waals surface area (Å²) in [6.45, 7) is 4.97. The van der Waals surface area contributed by atoms with E-state index < -0.39 is 5.56 Å². The molecule has 120 valence electrons. The Kier molecular flexibility index (Phi) is 5.83. The highest BCUT2D eigenvalue weighted by Crippen LogP contribution is 2.24. The molecule has 0 bridgehead atoms. The first-order chi connectivity index (χ1) is 11.0. The minimum absolute atomic E-state index is 0.0243. The fourth-order valence-electron chi connectivity index (χ4n) is 1.98. The smallest absolute Gasteiger partial charge is 0.270 e. The molecule has 0 saturated carbocycles. The summed E-state index contributed by atoms with van der Waals surface area (Å²) in [6.07, 6.45) is 2.81. The highest BCUT2D eigenvalue weighted by molar-refractivity contribution is 7.98. The minimum Gasteiger partial charge on any atom is -0.494 e. The molecular formula is C17H19N3O2S. The Morgan fingerprint density at radius 2 is 2.04 bits per heavy atom. The van der Waals surface area contributed by atoms with Crippen LogP contribution < -0.4 is 10.3 Å². The van der Waals surface area contributed by atoms with Gasteiger partial charge in [0.2, 0.25) is 0 Å². The molecule has 0 aliphatic rings. The molecular weight excluding hydrogens is 310 g/mol. The van der Waals surface area contributed by atoms with Crippen LogP contribution in [0.5, 0.6) is 5.75 Å². The molecule has 1 aromatic carbocycles. The zero-order valence-electron chi connectivity index (χ0n) is 13.4. The SMILES string of the molecule is CSc1nc(-c2ccc(OCCC(C)C)cc2)c(C#N)c(=O)[nH]1. The molecule has 0 radical (unpaired) electrons. The number of nitrogens with zero attached hydrogens (tertiary/aromatic N) is 2. The fourth-order valence-corrected chi connectivity index (χ4v) is 2.36. The average Bonchev–Trinajstić information content (AvgIpc) is 2.54. The first kappa shape index (κ1) is 17.1. The maximum atomic E-state index is 11.9.